The first-order valence-corrected chi connectivity index (χ1v) is 10.7. The predicted molar refractivity (Wildman–Crippen MR) is 117 cm³/mol. The first kappa shape index (κ1) is 22.9. The molecule has 0 radical (unpaired) electrons. The number of benzene rings is 1. The van der Waals surface area contributed by atoms with E-state index in [1.807, 2.05) is 16.8 Å². The average Bonchev–Trinajstić information content (AvgIpc) is 3.27. The zero-order valence-corrected chi connectivity index (χ0v) is 19.1. The summed E-state index contributed by atoms with van der Waals surface area (Å²) in [6.45, 7) is 7.31. The van der Waals surface area contributed by atoms with Crippen LogP contribution in [0.1, 0.15) is 48.8 Å². The Labute approximate surface area is 183 Å². The van der Waals surface area contributed by atoms with E-state index in [1.165, 1.54) is 0 Å². The number of likely N-dealkylation sites (tertiary alicyclic amines) is 1. The fourth-order valence-corrected chi connectivity index (χ4v) is 3.82. The molecule has 170 valence electrons. The topological polar surface area (TPSA) is 90.7 Å². The second-order valence-electron chi connectivity index (χ2n) is 8.25. The van der Waals surface area contributed by atoms with E-state index in [0.717, 1.165) is 38.0 Å². The van der Waals surface area contributed by atoms with Crippen molar-refractivity contribution in [2.24, 2.45) is 5.92 Å². The lowest BCUT2D eigenvalue weighted by molar-refractivity contribution is 0.0944. The van der Waals surface area contributed by atoms with Gasteiger partial charge in [0.25, 0.3) is 5.91 Å². The summed E-state index contributed by atoms with van der Waals surface area (Å²) >= 11 is 0. The summed E-state index contributed by atoms with van der Waals surface area (Å²) in [5, 5.41) is 11.2. The van der Waals surface area contributed by atoms with Gasteiger partial charge in [0.1, 0.15) is 0 Å². The number of nitrogens with one attached hydrogen (secondary N) is 1. The molecule has 1 aliphatic rings. The summed E-state index contributed by atoms with van der Waals surface area (Å²) in [6.07, 6.45) is 3.80. The molecule has 9 heteroatoms. The maximum Gasteiger partial charge on any atom is 0.273 e. The summed E-state index contributed by atoms with van der Waals surface area (Å²) in [7, 11) is 4.85. The fourth-order valence-electron chi connectivity index (χ4n) is 3.82. The number of nitrogens with zero attached hydrogens (tertiary/aromatic N) is 4. The Morgan fingerprint density at radius 1 is 1.19 bits per heavy atom. The molecule has 9 nitrogen and oxygen atoms in total. The molecule has 0 bridgehead atoms. The predicted octanol–water partition coefficient (Wildman–Crippen LogP) is 2.53. The summed E-state index contributed by atoms with van der Waals surface area (Å²) in [4.78, 5) is 14.6. The number of aromatic nitrogens is 3. The van der Waals surface area contributed by atoms with Gasteiger partial charge in [-0.3, -0.25) is 9.69 Å². The lowest BCUT2D eigenvalue weighted by Gasteiger charge is -2.32. The standard InChI is InChI=1S/C22H33N5O4/c1-15(2)11-23-22(28)18-14-27(25-24-18)17-7-6-8-26(13-17)12-16-9-19(29-3)21(31-5)20(10-16)30-4/h9-10,14-15,17H,6-8,11-13H2,1-5H3,(H,23,28). The van der Waals surface area contributed by atoms with Crippen LogP contribution in [0.15, 0.2) is 18.3 Å². The zero-order chi connectivity index (χ0) is 22.4. The van der Waals surface area contributed by atoms with Gasteiger partial charge >= 0.3 is 0 Å². The van der Waals surface area contributed by atoms with E-state index in [-0.39, 0.29) is 11.9 Å². The molecule has 0 aliphatic carbocycles. The Hall–Kier alpha value is -2.81. The van der Waals surface area contributed by atoms with Crippen molar-refractivity contribution >= 4 is 5.91 Å². The smallest absolute Gasteiger partial charge is 0.273 e. The van der Waals surface area contributed by atoms with Gasteiger partial charge in [0.05, 0.1) is 33.6 Å². The van der Waals surface area contributed by atoms with Gasteiger partial charge in [0.15, 0.2) is 17.2 Å². The lowest BCUT2D eigenvalue weighted by atomic mass is 10.0. The van der Waals surface area contributed by atoms with Gasteiger partial charge in [0, 0.05) is 19.6 Å². The first-order chi connectivity index (χ1) is 14.9. The molecule has 3 rings (SSSR count). The van der Waals surface area contributed by atoms with Crippen molar-refractivity contribution in [2.75, 3.05) is 41.0 Å². The van der Waals surface area contributed by atoms with Crippen LogP contribution in [0.2, 0.25) is 0 Å². The van der Waals surface area contributed by atoms with Crippen molar-refractivity contribution < 1.29 is 19.0 Å². The third kappa shape index (κ3) is 5.66. The average molecular weight is 432 g/mol. The first-order valence-electron chi connectivity index (χ1n) is 10.7. The van der Waals surface area contributed by atoms with Crippen molar-refractivity contribution in [3.8, 4) is 17.2 Å². The van der Waals surface area contributed by atoms with E-state index in [9.17, 15) is 4.79 Å². The third-order valence-corrected chi connectivity index (χ3v) is 5.40. The van der Waals surface area contributed by atoms with Gasteiger partial charge in [-0.25, -0.2) is 4.68 Å². The number of hydrogen-bond acceptors (Lipinski definition) is 7. The fraction of sp³-hybridized carbons (Fsp3) is 0.591. The van der Waals surface area contributed by atoms with Crippen LogP contribution >= 0.6 is 0 Å². The van der Waals surface area contributed by atoms with Crippen LogP contribution < -0.4 is 19.5 Å². The van der Waals surface area contributed by atoms with Crippen molar-refractivity contribution in [1.29, 1.82) is 0 Å². The molecule has 1 amide bonds. The molecule has 1 saturated heterocycles. The zero-order valence-electron chi connectivity index (χ0n) is 19.1. The molecule has 2 heterocycles. The molecule has 1 atom stereocenters. The van der Waals surface area contributed by atoms with Crippen LogP contribution in [0.5, 0.6) is 17.2 Å². The van der Waals surface area contributed by atoms with Crippen molar-refractivity contribution in [2.45, 2.75) is 39.3 Å². The molecule has 2 aromatic rings. The van der Waals surface area contributed by atoms with E-state index in [1.54, 1.807) is 27.5 Å². The van der Waals surface area contributed by atoms with Crippen LogP contribution in [0.3, 0.4) is 0 Å². The number of amides is 1. The number of ether oxygens (including phenoxy) is 3. The Morgan fingerprint density at radius 3 is 2.52 bits per heavy atom. The van der Waals surface area contributed by atoms with E-state index >= 15 is 0 Å². The molecule has 0 spiro atoms. The highest BCUT2D eigenvalue weighted by Gasteiger charge is 2.24. The van der Waals surface area contributed by atoms with E-state index in [0.29, 0.717) is 35.4 Å². The van der Waals surface area contributed by atoms with Crippen molar-refractivity contribution in [3.05, 3.63) is 29.6 Å². The highest BCUT2D eigenvalue weighted by molar-refractivity contribution is 5.91. The van der Waals surface area contributed by atoms with Crippen molar-refractivity contribution in [1.82, 2.24) is 25.2 Å². The number of rotatable bonds is 9. The van der Waals surface area contributed by atoms with Gasteiger partial charge in [-0.1, -0.05) is 19.1 Å². The van der Waals surface area contributed by atoms with Gasteiger partial charge in [-0.15, -0.1) is 5.10 Å². The molecular weight excluding hydrogens is 398 g/mol. The van der Waals surface area contributed by atoms with Crippen LogP contribution in [0, 0.1) is 5.92 Å². The highest BCUT2D eigenvalue weighted by atomic mass is 16.5. The molecule has 31 heavy (non-hydrogen) atoms. The minimum Gasteiger partial charge on any atom is -0.493 e. The largest absolute Gasteiger partial charge is 0.493 e. The minimum absolute atomic E-state index is 0.176. The molecule has 1 aromatic heterocycles. The highest BCUT2D eigenvalue weighted by Crippen LogP contribution is 2.38. The quantitative estimate of drug-likeness (QED) is 0.652. The SMILES string of the molecule is COc1cc(CN2CCCC(n3cc(C(=O)NCC(C)C)nn3)C2)cc(OC)c1OC. The number of methoxy groups -OCH3 is 3. The van der Waals surface area contributed by atoms with Crippen molar-refractivity contribution in [3.63, 3.8) is 0 Å². The molecule has 1 aliphatic heterocycles. The Morgan fingerprint density at radius 2 is 1.90 bits per heavy atom. The second kappa shape index (κ2) is 10.5. The van der Waals surface area contributed by atoms with Gasteiger partial charge in [0.2, 0.25) is 5.75 Å². The van der Waals surface area contributed by atoms with Gasteiger partial charge in [-0.05, 0) is 43.0 Å². The maximum atomic E-state index is 12.3. The number of carbonyl (C=O) groups excluding carboxylic acids is 1. The lowest BCUT2D eigenvalue weighted by Crippen LogP contribution is -2.36. The molecule has 1 N–H and O–H groups in total. The number of piperidine rings is 1. The second-order valence-corrected chi connectivity index (χ2v) is 8.25. The monoisotopic (exact) mass is 431 g/mol. The van der Waals surface area contributed by atoms with E-state index in [4.69, 9.17) is 14.2 Å². The third-order valence-electron chi connectivity index (χ3n) is 5.40. The summed E-state index contributed by atoms with van der Waals surface area (Å²) in [5.74, 6) is 2.11. The summed E-state index contributed by atoms with van der Waals surface area (Å²) < 4.78 is 18.2. The van der Waals surface area contributed by atoms with E-state index < -0.39 is 0 Å². The van der Waals surface area contributed by atoms with Crippen LogP contribution in [0.25, 0.3) is 0 Å². The molecule has 1 unspecified atom stereocenters. The van der Waals surface area contributed by atoms with Gasteiger partial charge in [-0.2, -0.15) is 0 Å². The van der Waals surface area contributed by atoms with E-state index in [2.05, 4.69) is 34.4 Å². The summed E-state index contributed by atoms with van der Waals surface area (Å²) in [5.41, 5.74) is 1.45. The Balaban J connectivity index is 1.67. The molecule has 0 saturated carbocycles. The normalized spacial score (nSPS) is 16.9. The molecular formula is C22H33N5O4. The summed E-state index contributed by atoms with van der Waals surface area (Å²) in [6, 6.07) is 4.14. The van der Waals surface area contributed by atoms with Crippen LogP contribution in [0.4, 0.5) is 0 Å². The maximum absolute atomic E-state index is 12.3. The van der Waals surface area contributed by atoms with Gasteiger partial charge < -0.3 is 19.5 Å². The Kier molecular flexibility index (Phi) is 7.73. The Bertz CT molecular complexity index is 858. The molecule has 1 aromatic carbocycles. The number of hydrogen-bond donors (Lipinski definition) is 1. The minimum atomic E-state index is -0.176. The molecule has 1 fully saturated rings. The van der Waals surface area contributed by atoms with Crippen LogP contribution in [-0.2, 0) is 6.54 Å². The van der Waals surface area contributed by atoms with Crippen LogP contribution in [-0.4, -0.2) is 66.8 Å². The number of carbonyl (C=O) groups is 1.